The molecule has 0 unspecified atom stereocenters. The van der Waals surface area contributed by atoms with E-state index in [1.54, 1.807) is 12.1 Å². The Bertz CT molecular complexity index is 832. The Balaban J connectivity index is 1.86. The molecule has 1 heterocycles. The van der Waals surface area contributed by atoms with Crippen LogP contribution < -0.4 is 0 Å². The van der Waals surface area contributed by atoms with Gasteiger partial charge < -0.3 is 9.67 Å². The van der Waals surface area contributed by atoms with Crippen molar-refractivity contribution in [1.82, 2.24) is 9.55 Å². The highest BCUT2D eigenvalue weighted by Crippen LogP contribution is 2.22. The first kappa shape index (κ1) is 15.3. The average molecular weight is 308 g/mol. The van der Waals surface area contributed by atoms with E-state index >= 15 is 0 Å². The van der Waals surface area contributed by atoms with Crippen molar-refractivity contribution in [3.63, 3.8) is 0 Å². The van der Waals surface area contributed by atoms with Crippen molar-refractivity contribution in [2.24, 2.45) is 0 Å². The quantitative estimate of drug-likeness (QED) is 0.772. The summed E-state index contributed by atoms with van der Waals surface area (Å²) in [6.07, 6.45) is 0.847. The average Bonchev–Trinajstić information content (AvgIpc) is 2.92. The van der Waals surface area contributed by atoms with Crippen molar-refractivity contribution in [1.29, 1.82) is 0 Å². The highest BCUT2D eigenvalue weighted by Gasteiger charge is 2.13. The zero-order valence-electron chi connectivity index (χ0n) is 13.4. The van der Waals surface area contributed by atoms with E-state index in [4.69, 9.17) is 10.1 Å². The monoisotopic (exact) mass is 308 g/mol. The Morgan fingerprint density at radius 1 is 1.13 bits per heavy atom. The summed E-state index contributed by atoms with van der Waals surface area (Å²) in [5.41, 5.74) is 3.63. The summed E-state index contributed by atoms with van der Waals surface area (Å²) in [6, 6.07) is 15.3. The molecule has 4 nitrogen and oxygen atoms in total. The molecular formula is C19H20N2O2. The van der Waals surface area contributed by atoms with Crippen LogP contribution >= 0.6 is 0 Å². The third-order valence-electron chi connectivity index (χ3n) is 4.03. The number of hydrogen-bond acceptors (Lipinski definition) is 2. The number of rotatable bonds is 5. The molecule has 0 radical (unpaired) electrons. The van der Waals surface area contributed by atoms with Gasteiger partial charge in [0.1, 0.15) is 5.82 Å². The van der Waals surface area contributed by atoms with Crippen LogP contribution in [0, 0.1) is 0 Å². The molecule has 118 valence electrons. The van der Waals surface area contributed by atoms with Crippen molar-refractivity contribution >= 4 is 17.0 Å². The lowest BCUT2D eigenvalue weighted by atomic mass is 10.1. The zero-order valence-corrected chi connectivity index (χ0v) is 13.4. The second-order valence-electron chi connectivity index (χ2n) is 6.02. The van der Waals surface area contributed by atoms with Gasteiger partial charge in [-0.15, -0.1) is 0 Å². The number of imidazole rings is 1. The summed E-state index contributed by atoms with van der Waals surface area (Å²) >= 11 is 0. The number of fused-ring (bicyclic) bond motifs is 1. The fourth-order valence-electron chi connectivity index (χ4n) is 2.82. The third-order valence-corrected chi connectivity index (χ3v) is 4.03. The number of aromatic nitrogens is 2. The van der Waals surface area contributed by atoms with Crippen molar-refractivity contribution in [2.45, 2.75) is 32.7 Å². The molecule has 4 heteroatoms. The Kier molecular flexibility index (Phi) is 4.15. The lowest BCUT2D eigenvalue weighted by Gasteiger charge is -2.11. The number of carbonyl (C=O) groups is 1. The van der Waals surface area contributed by atoms with Crippen LogP contribution in [0.2, 0.25) is 0 Å². The summed E-state index contributed by atoms with van der Waals surface area (Å²) in [4.78, 5) is 15.7. The number of aryl methyl sites for hydroxylation is 2. The summed E-state index contributed by atoms with van der Waals surface area (Å²) in [7, 11) is 0. The fourth-order valence-corrected chi connectivity index (χ4v) is 2.82. The van der Waals surface area contributed by atoms with Crippen LogP contribution in [0.25, 0.3) is 11.0 Å². The van der Waals surface area contributed by atoms with Gasteiger partial charge in [-0.05, 0) is 36.2 Å². The minimum atomic E-state index is -0.890. The number of aromatic carboxylic acids is 1. The van der Waals surface area contributed by atoms with Gasteiger partial charge in [-0.2, -0.15) is 0 Å². The highest BCUT2D eigenvalue weighted by molar-refractivity contribution is 5.87. The van der Waals surface area contributed by atoms with E-state index in [1.165, 1.54) is 0 Å². The highest BCUT2D eigenvalue weighted by atomic mass is 16.4. The maximum Gasteiger partial charge on any atom is 0.335 e. The molecule has 2 aromatic carbocycles. The molecule has 0 saturated heterocycles. The summed E-state index contributed by atoms with van der Waals surface area (Å²) in [5.74, 6) is 0.560. The van der Waals surface area contributed by atoms with Gasteiger partial charge >= 0.3 is 5.97 Å². The van der Waals surface area contributed by atoms with Crippen LogP contribution in [0.4, 0.5) is 0 Å². The predicted octanol–water partition coefficient (Wildman–Crippen LogP) is 4.10. The number of para-hydroxylation sites is 2. The molecule has 3 aromatic rings. The molecule has 0 amide bonds. The zero-order chi connectivity index (χ0) is 16.4. The number of benzene rings is 2. The van der Waals surface area contributed by atoms with Gasteiger partial charge in [0.2, 0.25) is 0 Å². The van der Waals surface area contributed by atoms with Crippen LogP contribution in [0.15, 0.2) is 48.5 Å². The van der Waals surface area contributed by atoms with E-state index in [0.29, 0.717) is 11.5 Å². The molecular weight excluding hydrogens is 288 g/mol. The standard InChI is InChI=1S/C19H20N2O2/c1-13(2)18-20-16-5-3-4-6-17(16)21(18)12-11-14-7-9-15(10-8-14)19(22)23/h3-10,13H,11-12H2,1-2H3,(H,22,23). The molecule has 0 atom stereocenters. The van der Waals surface area contributed by atoms with Crippen LogP contribution in [-0.4, -0.2) is 20.6 Å². The fraction of sp³-hybridized carbons (Fsp3) is 0.263. The van der Waals surface area contributed by atoms with Gasteiger partial charge in [0.05, 0.1) is 16.6 Å². The minimum absolute atomic E-state index is 0.324. The number of hydrogen-bond donors (Lipinski definition) is 1. The van der Waals surface area contributed by atoms with E-state index in [1.807, 2.05) is 30.3 Å². The van der Waals surface area contributed by atoms with Gasteiger partial charge in [0, 0.05) is 12.5 Å². The van der Waals surface area contributed by atoms with E-state index in [9.17, 15) is 4.79 Å². The van der Waals surface area contributed by atoms with Crippen molar-refractivity contribution in [3.8, 4) is 0 Å². The van der Waals surface area contributed by atoms with Crippen molar-refractivity contribution < 1.29 is 9.90 Å². The predicted molar refractivity (Wildman–Crippen MR) is 90.9 cm³/mol. The summed E-state index contributed by atoms with van der Waals surface area (Å²) < 4.78 is 2.27. The molecule has 3 rings (SSSR count). The maximum absolute atomic E-state index is 10.9. The van der Waals surface area contributed by atoms with E-state index in [2.05, 4.69) is 24.5 Å². The Morgan fingerprint density at radius 3 is 2.48 bits per heavy atom. The SMILES string of the molecule is CC(C)c1nc2ccccc2n1CCc1ccc(C(=O)O)cc1. The minimum Gasteiger partial charge on any atom is -0.478 e. The molecule has 23 heavy (non-hydrogen) atoms. The van der Waals surface area contributed by atoms with Crippen LogP contribution in [0.5, 0.6) is 0 Å². The first-order chi connectivity index (χ1) is 11.1. The second-order valence-corrected chi connectivity index (χ2v) is 6.02. The summed E-state index contributed by atoms with van der Waals surface area (Å²) in [6.45, 7) is 5.14. The molecule has 0 fully saturated rings. The van der Waals surface area contributed by atoms with E-state index in [0.717, 1.165) is 35.4 Å². The first-order valence-electron chi connectivity index (χ1n) is 7.83. The lowest BCUT2D eigenvalue weighted by Crippen LogP contribution is -2.08. The van der Waals surface area contributed by atoms with Gasteiger partial charge in [-0.3, -0.25) is 0 Å². The number of carboxylic acids is 1. The van der Waals surface area contributed by atoms with E-state index < -0.39 is 5.97 Å². The van der Waals surface area contributed by atoms with Crippen LogP contribution in [0.3, 0.4) is 0 Å². The Morgan fingerprint density at radius 2 is 1.83 bits per heavy atom. The lowest BCUT2D eigenvalue weighted by molar-refractivity contribution is 0.0697. The third kappa shape index (κ3) is 3.11. The molecule has 0 spiro atoms. The Hall–Kier alpha value is -2.62. The molecule has 0 aliphatic carbocycles. The van der Waals surface area contributed by atoms with Crippen LogP contribution in [0.1, 0.15) is 41.5 Å². The topological polar surface area (TPSA) is 55.1 Å². The maximum atomic E-state index is 10.9. The molecule has 1 N–H and O–H groups in total. The van der Waals surface area contributed by atoms with Crippen LogP contribution in [-0.2, 0) is 13.0 Å². The second kappa shape index (κ2) is 6.24. The molecule has 0 saturated carbocycles. The van der Waals surface area contributed by atoms with Gasteiger partial charge in [0.25, 0.3) is 0 Å². The van der Waals surface area contributed by atoms with Crippen molar-refractivity contribution in [3.05, 3.63) is 65.5 Å². The smallest absolute Gasteiger partial charge is 0.335 e. The number of nitrogens with zero attached hydrogens (tertiary/aromatic N) is 2. The van der Waals surface area contributed by atoms with Gasteiger partial charge in [0.15, 0.2) is 0 Å². The van der Waals surface area contributed by atoms with Gasteiger partial charge in [-0.1, -0.05) is 38.1 Å². The normalized spacial score (nSPS) is 11.3. The Labute approximate surface area is 135 Å². The molecule has 0 aliphatic heterocycles. The first-order valence-corrected chi connectivity index (χ1v) is 7.83. The summed E-state index contributed by atoms with van der Waals surface area (Å²) in [5, 5.41) is 8.96. The number of carboxylic acid groups (broad SMARTS) is 1. The van der Waals surface area contributed by atoms with Crippen molar-refractivity contribution in [2.75, 3.05) is 0 Å². The van der Waals surface area contributed by atoms with E-state index in [-0.39, 0.29) is 0 Å². The molecule has 1 aromatic heterocycles. The molecule has 0 aliphatic rings. The molecule has 0 bridgehead atoms. The van der Waals surface area contributed by atoms with Gasteiger partial charge in [-0.25, -0.2) is 9.78 Å². The largest absolute Gasteiger partial charge is 0.478 e.